The molecule has 2 heterocycles. The fourth-order valence-electron chi connectivity index (χ4n) is 1.82. The highest BCUT2D eigenvalue weighted by Gasteiger charge is 2.18. The van der Waals surface area contributed by atoms with Gasteiger partial charge in [-0.15, -0.1) is 11.3 Å². The topological polar surface area (TPSA) is 52.0 Å². The predicted octanol–water partition coefficient (Wildman–Crippen LogP) is 4.91. The first-order chi connectivity index (χ1) is 9.15. The van der Waals surface area contributed by atoms with Crippen molar-refractivity contribution in [3.8, 4) is 22.5 Å². The van der Waals surface area contributed by atoms with E-state index in [0.29, 0.717) is 16.6 Å². The third-order valence-corrected chi connectivity index (χ3v) is 4.72. The van der Waals surface area contributed by atoms with Crippen molar-refractivity contribution in [1.29, 1.82) is 0 Å². The molecule has 19 heavy (non-hydrogen) atoms. The normalized spacial score (nSPS) is 10.8. The second-order valence-electron chi connectivity index (χ2n) is 3.92. The molecule has 0 fully saturated rings. The molecule has 0 radical (unpaired) electrons. The van der Waals surface area contributed by atoms with Crippen molar-refractivity contribution in [3.05, 3.63) is 43.6 Å². The summed E-state index contributed by atoms with van der Waals surface area (Å²) in [5.41, 5.74) is 8.66. The average Bonchev–Trinajstić information content (AvgIpc) is 2.97. The van der Waals surface area contributed by atoms with Gasteiger partial charge >= 0.3 is 0 Å². The van der Waals surface area contributed by atoms with Crippen LogP contribution in [0.3, 0.4) is 0 Å². The lowest BCUT2D eigenvalue weighted by Crippen LogP contribution is -1.88. The van der Waals surface area contributed by atoms with Gasteiger partial charge in [-0.1, -0.05) is 28.9 Å². The lowest BCUT2D eigenvalue weighted by atomic mass is 10.0. The molecule has 2 N–H and O–H groups in total. The summed E-state index contributed by atoms with van der Waals surface area (Å²) in [6.45, 7) is 0. The van der Waals surface area contributed by atoms with Crippen LogP contribution < -0.4 is 5.73 Å². The molecule has 0 spiro atoms. The van der Waals surface area contributed by atoms with E-state index in [1.165, 1.54) is 2.88 Å². The minimum Gasteiger partial charge on any atom is -0.380 e. The zero-order valence-corrected chi connectivity index (χ0v) is 13.3. The Kier molecular flexibility index (Phi) is 3.51. The molecule has 0 bridgehead atoms. The largest absolute Gasteiger partial charge is 0.380 e. The first-order valence-electron chi connectivity index (χ1n) is 5.40. The number of aromatic nitrogens is 1. The van der Waals surface area contributed by atoms with E-state index < -0.39 is 0 Å². The molecule has 0 saturated heterocycles. The van der Waals surface area contributed by atoms with Crippen LogP contribution in [-0.2, 0) is 0 Å². The van der Waals surface area contributed by atoms with Crippen LogP contribution in [-0.4, -0.2) is 5.16 Å². The number of anilines is 1. The molecule has 0 saturated carbocycles. The number of nitrogens with zero attached hydrogens (tertiary/aromatic N) is 1. The summed E-state index contributed by atoms with van der Waals surface area (Å²) in [6, 6.07) is 9.51. The van der Waals surface area contributed by atoms with Gasteiger partial charge < -0.3 is 10.3 Å². The first kappa shape index (κ1) is 13.0. The maximum atomic E-state index is 5.92. The number of thiophene rings is 1. The molecular weight excluding hydrogens is 395 g/mol. The van der Waals surface area contributed by atoms with Crippen LogP contribution in [0.15, 0.2) is 40.2 Å². The Balaban J connectivity index is 2.16. The fraction of sp³-hybridized carbons (Fsp3) is 0. The van der Waals surface area contributed by atoms with Crippen LogP contribution in [0.4, 0.5) is 5.82 Å². The molecule has 96 valence electrons. The monoisotopic (exact) mass is 402 g/mol. The lowest BCUT2D eigenvalue weighted by Gasteiger charge is -2.01. The van der Waals surface area contributed by atoms with Crippen molar-refractivity contribution in [3.63, 3.8) is 0 Å². The summed E-state index contributed by atoms with van der Waals surface area (Å²) < 4.78 is 6.56. The summed E-state index contributed by atoms with van der Waals surface area (Å²) in [5.74, 6) is 1.08. The zero-order valence-electron chi connectivity index (χ0n) is 9.56. The number of halogens is 2. The number of hydrogen-bond acceptors (Lipinski definition) is 4. The molecule has 3 aromatic rings. The molecule has 0 aliphatic carbocycles. The van der Waals surface area contributed by atoms with Gasteiger partial charge in [-0.3, -0.25) is 0 Å². The Morgan fingerprint density at radius 1 is 1.21 bits per heavy atom. The van der Waals surface area contributed by atoms with Gasteiger partial charge in [0.15, 0.2) is 11.6 Å². The number of rotatable bonds is 2. The number of benzene rings is 1. The smallest absolute Gasteiger partial charge is 0.177 e. The number of hydrogen-bond donors (Lipinski definition) is 1. The number of nitrogen functional groups attached to an aromatic ring is 1. The van der Waals surface area contributed by atoms with Gasteiger partial charge in [0, 0.05) is 16.0 Å². The average molecular weight is 403 g/mol. The maximum absolute atomic E-state index is 5.92. The van der Waals surface area contributed by atoms with Gasteiger partial charge in [-0.25, -0.2) is 0 Å². The standard InChI is InChI=1S/C13H8ClIN2OS/c14-9-3-1-7(2-4-9)11-12(18-17-13(11)16)8-5-10(15)19-6-8/h1-6H,(H2,16,17). The van der Waals surface area contributed by atoms with Gasteiger partial charge in [-0.2, -0.15) is 0 Å². The fourth-order valence-corrected chi connectivity index (χ4v) is 3.28. The number of nitrogens with two attached hydrogens (primary N) is 1. The van der Waals surface area contributed by atoms with E-state index in [2.05, 4.69) is 27.7 Å². The van der Waals surface area contributed by atoms with Crippen molar-refractivity contribution in [2.45, 2.75) is 0 Å². The summed E-state index contributed by atoms with van der Waals surface area (Å²) >= 11 is 9.83. The Labute approximate surface area is 132 Å². The Hall–Kier alpha value is -1.05. The van der Waals surface area contributed by atoms with Crippen molar-refractivity contribution < 1.29 is 4.52 Å². The third kappa shape index (κ3) is 2.50. The van der Waals surface area contributed by atoms with E-state index in [9.17, 15) is 0 Å². The van der Waals surface area contributed by atoms with Gasteiger partial charge in [0.25, 0.3) is 0 Å². The van der Waals surface area contributed by atoms with Crippen LogP contribution in [0, 0.1) is 2.88 Å². The molecule has 0 atom stereocenters. The highest BCUT2D eigenvalue weighted by molar-refractivity contribution is 14.1. The second kappa shape index (κ2) is 5.15. The molecule has 2 aromatic heterocycles. The summed E-state index contributed by atoms with van der Waals surface area (Å²) in [6.07, 6.45) is 0. The quantitative estimate of drug-likeness (QED) is 0.620. The van der Waals surface area contributed by atoms with Gasteiger partial charge in [0.1, 0.15) is 0 Å². The third-order valence-electron chi connectivity index (χ3n) is 2.68. The second-order valence-corrected chi connectivity index (χ2v) is 7.16. The molecule has 3 rings (SSSR count). The minimum absolute atomic E-state index is 0.388. The van der Waals surface area contributed by atoms with Crippen molar-refractivity contribution in [2.75, 3.05) is 5.73 Å². The van der Waals surface area contributed by atoms with E-state index in [0.717, 1.165) is 16.7 Å². The van der Waals surface area contributed by atoms with E-state index in [1.54, 1.807) is 11.3 Å². The first-order valence-corrected chi connectivity index (χ1v) is 7.74. The summed E-state index contributed by atoms with van der Waals surface area (Å²) in [4.78, 5) is 0. The van der Waals surface area contributed by atoms with Gasteiger partial charge in [0.2, 0.25) is 0 Å². The van der Waals surface area contributed by atoms with Gasteiger partial charge in [-0.05, 0) is 46.4 Å². The predicted molar refractivity (Wildman–Crippen MR) is 87.4 cm³/mol. The van der Waals surface area contributed by atoms with Crippen molar-refractivity contribution >= 4 is 51.3 Å². The summed E-state index contributed by atoms with van der Waals surface area (Å²) in [7, 11) is 0. The Morgan fingerprint density at radius 2 is 1.95 bits per heavy atom. The van der Waals surface area contributed by atoms with Crippen LogP contribution in [0.5, 0.6) is 0 Å². The highest BCUT2D eigenvalue weighted by atomic mass is 127. The SMILES string of the molecule is Nc1noc(-c2csc(I)c2)c1-c1ccc(Cl)cc1. The molecule has 0 aliphatic rings. The van der Waals surface area contributed by atoms with Crippen molar-refractivity contribution in [2.24, 2.45) is 0 Å². The van der Waals surface area contributed by atoms with Gasteiger partial charge in [0.05, 0.1) is 8.45 Å². The Morgan fingerprint density at radius 3 is 2.58 bits per heavy atom. The molecule has 0 amide bonds. The lowest BCUT2D eigenvalue weighted by molar-refractivity contribution is 0.436. The Bertz CT molecular complexity index is 721. The molecule has 6 heteroatoms. The van der Waals surface area contributed by atoms with Crippen molar-refractivity contribution in [1.82, 2.24) is 5.16 Å². The van der Waals surface area contributed by atoms with E-state index in [4.69, 9.17) is 21.9 Å². The summed E-state index contributed by atoms with van der Waals surface area (Å²) in [5, 5.41) is 6.59. The van der Waals surface area contributed by atoms with E-state index in [1.807, 2.05) is 35.7 Å². The highest BCUT2D eigenvalue weighted by Crippen LogP contribution is 2.38. The molecule has 0 aliphatic heterocycles. The molecular formula is C13H8ClIN2OS. The van der Waals surface area contributed by atoms with E-state index in [-0.39, 0.29) is 0 Å². The minimum atomic E-state index is 0.388. The van der Waals surface area contributed by atoms with E-state index >= 15 is 0 Å². The van der Waals surface area contributed by atoms with Crippen LogP contribution >= 0.6 is 45.5 Å². The molecule has 3 nitrogen and oxygen atoms in total. The molecule has 0 unspecified atom stereocenters. The van der Waals surface area contributed by atoms with Crippen LogP contribution in [0.25, 0.3) is 22.5 Å². The van der Waals surface area contributed by atoms with Crippen LogP contribution in [0.2, 0.25) is 5.02 Å². The van der Waals surface area contributed by atoms with Crippen LogP contribution in [0.1, 0.15) is 0 Å². The zero-order chi connectivity index (χ0) is 13.4. The molecule has 1 aromatic carbocycles. The maximum Gasteiger partial charge on any atom is 0.177 e.